The van der Waals surface area contributed by atoms with Crippen molar-refractivity contribution in [3.63, 3.8) is 0 Å². The summed E-state index contributed by atoms with van der Waals surface area (Å²) in [6.45, 7) is 3.95. The van der Waals surface area contributed by atoms with Gasteiger partial charge >= 0.3 is 0 Å². The molecule has 0 unspecified atom stereocenters. The summed E-state index contributed by atoms with van der Waals surface area (Å²) in [6.07, 6.45) is 4.10. The highest BCUT2D eigenvalue weighted by Gasteiger charge is 2.04. The van der Waals surface area contributed by atoms with Gasteiger partial charge in [0.1, 0.15) is 0 Å². The molecule has 27 heavy (non-hydrogen) atoms. The number of amides is 2. The highest BCUT2D eigenvalue weighted by molar-refractivity contribution is 5.85. The van der Waals surface area contributed by atoms with E-state index in [4.69, 9.17) is 0 Å². The van der Waals surface area contributed by atoms with E-state index in [-0.39, 0.29) is 24.7 Å². The van der Waals surface area contributed by atoms with Crippen LogP contribution in [0.15, 0.2) is 58.7 Å². The maximum absolute atomic E-state index is 11.8. The molecule has 0 saturated heterocycles. The summed E-state index contributed by atoms with van der Waals surface area (Å²) in [6, 6.07) is 15.5. The zero-order chi connectivity index (χ0) is 19.5. The van der Waals surface area contributed by atoms with Crippen molar-refractivity contribution < 1.29 is 9.59 Å². The molecule has 0 atom stereocenters. The van der Waals surface area contributed by atoms with Crippen molar-refractivity contribution >= 4 is 24.2 Å². The average Bonchev–Trinajstić information content (AvgIpc) is 2.65. The lowest BCUT2D eigenvalue weighted by atomic mass is 10.1. The molecular formula is C21H24N4O2. The lowest BCUT2D eigenvalue weighted by Gasteiger charge is -2.02. The van der Waals surface area contributed by atoms with E-state index in [1.54, 1.807) is 12.4 Å². The van der Waals surface area contributed by atoms with Gasteiger partial charge in [0, 0.05) is 12.8 Å². The first kappa shape index (κ1) is 20.0. The van der Waals surface area contributed by atoms with Gasteiger partial charge in [-0.2, -0.15) is 10.2 Å². The van der Waals surface area contributed by atoms with Crippen molar-refractivity contribution in [2.24, 2.45) is 10.2 Å². The number of nitrogens with one attached hydrogen (secondary N) is 2. The second-order valence-electron chi connectivity index (χ2n) is 6.15. The fraction of sp³-hybridized carbons (Fsp3) is 0.238. The summed E-state index contributed by atoms with van der Waals surface area (Å²) in [5.41, 5.74) is 9.00. The molecule has 2 rings (SSSR count). The minimum atomic E-state index is -0.226. The quantitative estimate of drug-likeness (QED) is 0.557. The Labute approximate surface area is 159 Å². The van der Waals surface area contributed by atoms with Crippen molar-refractivity contribution in [3.8, 4) is 0 Å². The Hall–Kier alpha value is -3.28. The molecule has 140 valence electrons. The Morgan fingerprint density at radius 3 is 1.59 bits per heavy atom. The van der Waals surface area contributed by atoms with Gasteiger partial charge in [-0.15, -0.1) is 0 Å². The van der Waals surface area contributed by atoms with E-state index < -0.39 is 0 Å². The van der Waals surface area contributed by atoms with Crippen LogP contribution in [0.2, 0.25) is 0 Å². The predicted octanol–water partition coefficient (Wildman–Crippen LogP) is 3.07. The summed E-state index contributed by atoms with van der Waals surface area (Å²) in [4.78, 5) is 23.5. The molecule has 2 aromatic rings. The van der Waals surface area contributed by atoms with Crippen molar-refractivity contribution in [1.82, 2.24) is 10.9 Å². The maximum atomic E-state index is 11.8. The molecule has 0 bridgehead atoms. The summed E-state index contributed by atoms with van der Waals surface area (Å²) < 4.78 is 0. The van der Waals surface area contributed by atoms with Crippen LogP contribution in [0.1, 0.15) is 41.5 Å². The third-order valence-corrected chi connectivity index (χ3v) is 3.97. The fourth-order valence-electron chi connectivity index (χ4n) is 2.33. The molecule has 0 aliphatic heterocycles. The Morgan fingerprint density at radius 2 is 1.19 bits per heavy atom. The summed E-state index contributed by atoms with van der Waals surface area (Å²) in [5, 5.41) is 7.89. The van der Waals surface area contributed by atoms with Gasteiger partial charge in [0.25, 0.3) is 0 Å². The second kappa shape index (κ2) is 10.7. The normalized spacial score (nSPS) is 11.0. The van der Waals surface area contributed by atoms with Gasteiger partial charge in [0.15, 0.2) is 0 Å². The van der Waals surface area contributed by atoms with E-state index in [1.165, 1.54) is 0 Å². The van der Waals surface area contributed by atoms with Gasteiger partial charge < -0.3 is 0 Å². The van der Waals surface area contributed by atoms with E-state index in [0.717, 1.165) is 22.3 Å². The average molecular weight is 364 g/mol. The molecule has 6 nitrogen and oxygen atoms in total. The Bertz CT molecular complexity index is 774. The molecule has 0 fully saturated rings. The topological polar surface area (TPSA) is 82.9 Å². The number of aryl methyl sites for hydroxylation is 2. The molecule has 2 N–H and O–H groups in total. The molecule has 0 aliphatic carbocycles. The largest absolute Gasteiger partial charge is 0.273 e. The highest BCUT2D eigenvalue weighted by Crippen LogP contribution is 2.04. The monoisotopic (exact) mass is 364 g/mol. The third kappa shape index (κ3) is 7.23. The van der Waals surface area contributed by atoms with E-state index >= 15 is 0 Å². The molecule has 0 heterocycles. The van der Waals surface area contributed by atoms with Crippen LogP contribution in [0.3, 0.4) is 0 Å². The van der Waals surface area contributed by atoms with Gasteiger partial charge in [0.05, 0.1) is 12.4 Å². The first-order valence-corrected chi connectivity index (χ1v) is 8.81. The van der Waals surface area contributed by atoms with Gasteiger partial charge in [-0.05, 0) is 42.5 Å². The van der Waals surface area contributed by atoms with E-state index in [1.807, 2.05) is 62.4 Å². The number of nitrogens with zero attached hydrogens (tertiary/aromatic N) is 2. The molecule has 6 heteroatoms. The predicted molar refractivity (Wildman–Crippen MR) is 108 cm³/mol. The van der Waals surface area contributed by atoms with E-state index in [9.17, 15) is 9.59 Å². The fourth-order valence-corrected chi connectivity index (χ4v) is 2.33. The van der Waals surface area contributed by atoms with Crippen LogP contribution >= 0.6 is 0 Å². The molecule has 0 saturated carbocycles. The number of carbonyl (C=O) groups is 2. The van der Waals surface area contributed by atoms with Crippen molar-refractivity contribution in [2.45, 2.75) is 33.1 Å². The van der Waals surface area contributed by atoms with Crippen LogP contribution in [-0.4, -0.2) is 24.2 Å². The second-order valence-corrected chi connectivity index (χ2v) is 6.15. The number of carbonyl (C=O) groups excluding carboxylic acids is 2. The van der Waals surface area contributed by atoms with Crippen molar-refractivity contribution in [2.75, 3.05) is 0 Å². The zero-order valence-electron chi connectivity index (χ0n) is 15.6. The molecule has 0 aromatic heterocycles. The first-order valence-electron chi connectivity index (χ1n) is 8.81. The van der Waals surface area contributed by atoms with Gasteiger partial charge in [0.2, 0.25) is 11.8 Å². The number of rotatable bonds is 8. The van der Waals surface area contributed by atoms with Crippen molar-refractivity contribution in [3.05, 3.63) is 70.8 Å². The molecule has 0 radical (unpaired) electrons. The van der Waals surface area contributed by atoms with E-state index in [0.29, 0.717) is 6.42 Å². The molecule has 0 aliphatic rings. The summed E-state index contributed by atoms with van der Waals surface area (Å²) in [5.74, 6) is -0.452. The number of hydrazone groups is 2. The van der Waals surface area contributed by atoms with Crippen LogP contribution in [0, 0.1) is 13.8 Å². The third-order valence-electron chi connectivity index (χ3n) is 3.97. The summed E-state index contributed by atoms with van der Waals surface area (Å²) in [7, 11) is 0. The van der Waals surface area contributed by atoms with Crippen LogP contribution in [0.25, 0.3) is 0 Å². The Morgan fingerprint density at radius 1 is 0.778 bits per heavy atom. The molecule has 2 amide bonds. The van der Waals surface area contributed by atoms with Gasteiger partial charge in [-0.1, -0.05) is 48.5 Å². The van der Waals surface area contributed by atoms with Crippen LogP contribution < -0.4 is 10.9 Å². The maximum Gasteiger partial charge on any atom is 0.240 e. The smallest absolute Gasteiger partial charge is 0.240 e. The number of benzene rings is 2. The molecule has 2 aromatic carbocycles. The highest BCUT2D eigenvalue weighted by atomic mass is 16.2. The van der Waals surface area contributed by atoms with Crippen LogP contribution in [0.4, 0.5) is 0 Å². The van der Waals surface area contributed by atoms with Gasteiger partial charge in [-0.3, -0.25) is 9.59 Å². The van der Waals surface area contributed by atoms with Crippen LogP contribution in [0.5, 0.6) is 0 Å². The Balaban J connectivity index is 1.65. The SMILES string of the molecule is Cc1ccccc1/C=N\NC(=O)CCCC(=O)N/N=C/c1ccccc1C. The molecular weight excluding hydrogens is 340 g/mol. The Kier molecular flexibility index (Phi) is 7.91. The van der Waals surface area contributed by atoms with Crippen LogP contribution in [-0.2, 0) is 9.59 Å². The lowest BCUT2D eigenvalue weighted by molar-refractivity contribution is -0.122. The van der Waals surface area contributed by atoms with Crippen molar-refractivity contribution in [1.29, 1.82) is 0 Å². The lowest BCUT2D eigenvalue weighted by Crippen LogP contribution is -2.20. The standard InChI is InChI=1S/C21H24N4O2/c1-16-8-3-5-10-18(16)14-22-24-20(26)12-7-13-21(27)25-23-15-19-11-6-4-9-17(19)2/h3-6,8-11,14-15H,7,12-13H2,1-2H3,(H,24,26)(H,25,27)/b22-14-,23-15+. The number of hydrogen-bond acceptors (Lipinski definition) is 4. The minimum absolute atomic E-state index is 0.222. The number of hydrogen-bond donors (Lipinski definition) is 2. The first-order chi connectivity index (χ1) is 13.1. The zero-order valence-corrected chi connectivity index (χ0v) is 15.6. The van der Waals surface area contributed by atoms with E-state index in [2.05, 4.69) is 21.1 Å². The van der Waals surface area contributed by atoms with Gasteiger partial charge in [-0.25, -0.2) is 10.9 Å². The molecule has 0 spiro atoms. The summed E-state index contributed by atoms with van der Waals surface area (Å²) >= 11 is 0. The minimum Gasteiger partial charge on any atom is -0.273 e.